The highest BCUT2D eigenvalue weighted by atomic mass is 16.3. The Bertz CT molecular complexity index is 775. The number of aromatic nitrogens is 4. The molecule has 148 valence electrons. The molecule has 8 nitrogen and oxygen atoms in total. The van der Waals surface area contributed by atoms with E-state index in [1.165, 1.54) is 0 Å². The van der Waals surface area contributed by atoms with Crippen molar-refractivity contribution >= 4 is 17.0 Å². The first-order valence-corrected chi connectivity index (χ1v) is 9.84. The quantitative estimate of drug-likeness (QED) is 0.694. The third-order valence-electron chi connectivity index (χ3n) is 6.70. The van der Waals surface area contributed by atoms with Crippen LogP contribution in [0.15, 0.2) is 12.7 Å². The highest BCUT2D eigenvalue weighted by Crippen LogP contribution is 2.48. The molecule has 3 N–H and O–H groups in total. The molecule has 0 aromatic carbocycles. The Morgan fingerprint density at radius 3 is 2.41 bits per heavy atom. The van der Waals surface area contributed by atoms with Crippen LogP contribution in [-0.4, -0.2) is 67.7 Å². The Balaban J connectivity index is 1.55. The number of rotatable bonds is 6. The molecule has 0 radical (unpaired) electrons. The minimum Gasteiger partial charge on any atom is -0.396 e. The summed E-state index contributed by atoms with van der Waals surface area (Å²) in [5, 5.41) is 28.4. The van der Waals surface area contributed by atoms with Crippen LogP contribution >= 0.6 is 0 Å². The number of hydrogen-bond acceptors (Lipinski definition) is 7. The normalized spacial score (nSPS) is 25.5. The van der Waals surface area contributed by atoms with Gasteiger partial charge in [-0.25, -0.2) is 15.0 Å². The van der Waals surface area contributed by atoms with Gasteiger partial charge in [0.15, 0.2) is 17.0 Å². The summed E-state index contributed by atoms with van der Waals surface area (Å²) >= 11 is 0. The summed E-state index contributed by atoms with van der Waals surface area (Å²) in [6.45, 7) is 0.293. The summed E-state index contributed by atoms with van der Waals surface area (Å²) in [5.74, 6) is 1.28. The smallest absolute Gasteiger partial charge is 0.165 e. The van der Waals surface area contributed by atoms with Crippen LogP contribution < -0.4 is 4.90 Å². The molecule has 2 aliphatic rings. The van der Waals surface area contributed by atoms with E-state index < -0.39 is 0 Å². The molecule has 0 unspecified atom stereocenters. The monoisotopic (exact) mass is 375 g/mol. The van der Waals surface area contributed by atoms with E-state index in [1.807, 2.05) is 6.33 Å². The van der Waals surface area contributed by atoms with Gasteiger partial charge in [0, 0.05) is 31.2 Å². The SMILES string of the molecule is CN(c1ncnc2c1ncn2C1CC(CO)(CO)C1)C1CCC(CO)CC1. The Morgan fingerprint density at radius 2 is 1.78 bits per heavy atom. The molecule has 2 fully saturated rings. The van der Waals surface area contributed by atoms with Crippen LogP contribution in [0, 0.1) is 11.3 Å². The van der Waals surface area contributed by atoms with Crippen LogP contribution in [0.3, 0.4) is 0 Å². The van der Waals surface area contributed by atoms with E-state index in [-0.39, 0.29) is 31.3 Å². The van der Waals surface area contributed by atoms with E-state index in [4.69, 9.17) is 0 Å². The number of anilines is 1. The molecule has 0 amide bonds. The molecule has 0 bridgehead atoms. The molecule has 2 saturated carbocycles. The average molecular weight is 375 g/mol. The fourth-order valence-electron chi connectivity index (χ4n) is 4.70. The Labute approximate surface area is 158 Å². The number of aliphatic hydroxyl groups excluding tert-OH is 3. The maximum Gasteiger partial charge on any atom is 0.165 e. The molecule has 2 aromatic heterocycles. The van der Waals surface area contributed by atoms with Crippen molar-refractivity contribution < 1.29 is 15.3 Å². The highest BCUT2D eigenvalue weighted by Gasteiger charge is 2.45. The molecule has 0 spiro atoms. The predicted octanol–water partition coefficient (Wildman–Crippen LogP) is 1.12. The fourth-order valence-corrected chi connectivity index (χ4v) is 4.70. The zero-order valence-electron chi connectivity index (χ0n) is 15.8. The largest absolute Gasteiger partial charge is 0.396 e. The molecule has 2 aromatic rings. The standard InChI is InChI=1S/C19H29N5O3/c1-23(14-4-2-13(8-25)3-5-14)17-16-18(21-11-20-17)24(12-22-16)15-6-19(7-15,9-26)10-27/h11-15,25-27H,2-10H2,1H3. The number of imidazole rings is 1. The first-order chi connectivity index (χ1) is 13.1. The van der Waals surface area contributed by atoms with Gasteiger partial charge in [-0.1, -0.05) is 0 Å². The van der Waals surface area contributed by atoms with Crippen molar-refractivity contribution in [1.82, 2.24) is 19.5 Å². The van der Waals surface area contributed by atoms with Crippen LogP contribution in [0.4, 0.5) is 5.82 Å². The first kappa shape index (κ1) is 18.6. The van der Waals surface area contributed by atoms with Gasteiger partial charge < -0.3 is 24.8 Å². The Kier molecular flexibility index (Phi) is 5.05. The fraction of sp³-hybridized carbons (Fsp3) is 0.737. The number of hydrogen-bond donors (Lipinski definition) is 3. The lowest BCUT2D eigenvalue weighted by atomic mass is 9.66. The van der Waals surface area contributed by atoms with E-state index in [9.17, 15) is 15.3 Å². The molecule has 2 heterocycles. The molecule has 27 heavy (non-hydrogen) atoms. The minimum absolute atomic E-state index is 0.00607. The van der Waals surface area contributed by atoms with Crippen molar-refractivity contribution in [2.75, 3.05) is 31.8 Å². The van der Waals surface area contributed by atoms with Crippen molar-refractivity contribution in [3.05, 3.63) is 12.7 Å². The van der Waals surface area contributed by atoms with Gasteiger partial charge in [0.05, 0.1) is 19.5 Å². The highest BCUT2D eigenvalue weighted by molar-refractivity contribution is 5.83. The van der Waals surface area contributed by atoms with Crippen molar-refractivity contribution in [3.63, 3.8) is 0 Å². The summed E-state index contributed by atoms with van der Waals surface area (Å²) in [6.07, 6.45) is 9.04. The number of aliphatic hydroxyl groups is 3. The third kappa shape index (κ3) is 3.19. The van der Waals surface area contributed by atoms with E-state index in [2.05, 4.69) is 31.5 Å². The third-order valence-corrected chi connectivity index (χ3v) is 6.70. The summed E-state index contributed by atoms with van der Waals surface area (Å²) in [6, 6.07) is 0.596. The minimum atomic E-state index is -0.376. The predicted molar refractivity (Wildman–Crippen MR) is 101 cm³/mol. The van der Waals surface area contributed by atoms with Crippen molar-refractivity contribution in [3.8, 4) is 0 Å². The Hall–Kier alpha value is -1.77. The summed E-state index contributed by atoms with van der Waals surface area (Å²) in [4.78, 5) is 15.8. The lowest BCUT2D eigenvalue weighted by molar-refractivity contribution is -0.0421. The summed E-state index contributed by atoms with van der Waals surface area (Å²) in [7, 11) is 2.07. The van der Waals surface area contributed by atoms with Gasteiger partial charge in [0.1, 0.15) is 6.33 Å². The molecule has 0 saturated heterocycles. The molecule has 2 aliphatic carbocycles. The maximum atomic E-state index is 9.53. The molecule has 0 atom stereocenters. The molecular formula is C19H29N5O3. The molecule has 8 heteroatoms. The van der Waals surface area contributed by atoms with E-state index in [0.717, 1.165) is 55.5 Å². The van der Waals surface area contributed by atoms with Gasteiger partial charge in [-0.05, 0) is 44.4 Å². The topological polar surface area (TPSA) is 108 Å². The van der Waals surface area contributed by atoms with E-state index in [1.54, 1.807) is 6.33 Å². The van der Waals surface area contributed by atoms with E-state index >= 15 is 0 Å². The van der Waals surface area contributed by atoms with E-state index in [0.29, 0.717) is 12.0 Å². The van der Waals surface area contributed by atoms with Crippen molar-refractivity contribution in [2.45, 2.75) is 50.6 Å². The van der Waals surface area contributed by atoms with Crippen molar-refractivity contribution in [1.29, 1.82) is 0 Å². The zero-order valence-corrected chi connectivity index (χ0v) is 15.8. The number of nitrogens with zero attached hydrogens (tertiary/aromatic N) is 5. The van der Waals surface area contributed by atoms with Crippen LogP contribution in [0.2, 0.25) is 0 Å². The van der Waals surface area contributed by atoms with Crippen LogP contribution in [0.1, 0.15) is 44.6 Å². The lowest BCUT2D eigenvalue weighted by Gasteiger charge is -2.45. The average Bonchev–Trinajstić information content (AvgIpc) is 3.11. The van der Waals surface area contributed by atoms with Gasteiger partial charge in [-0.15, -0.1) is 0 Å². The van der Waals surface area contributed by atoms with Gasteiger partial charge in [0.2, 0.25) is 0 Å². The second-order valence-corrected chi connectivity index (χ2v) is 8.37. The van der Waals surface area contributed by atoms with Gasteiger partial charge in [-0.2, -0.15) is 0 Å². The van der Waals surface area contributed by atoms with Gasteiger partial charge >= 0.3 is 0 Å². The van der Waals surface area contributed by atoms with Gasteiger partial charge in [-0.3, -0.25) is 0 Å². The molecular weight excluding hydrogens is 346 g/mol. The second kappa shape index (κ2) is 7.33. The number of fused-ring (bicyclic) bond motifs is 1. The second-order valence-electron chi connectivity index (χ2n) is 8.37. The van der Waals surface area contributed by atoms with Crippen molar-refractivity contribution in [2.24, 2.45) is 11.3 Å². The summed E-state index contributed by atoms with van der Waals surface area (Å²) < 4.78 is 2.06. The molecule has 4 rings (SSSR count). The van der Waals surface area contributed by atoms with Gasteiger partial charge in [0.25, 0.3) is 0 Å². The van der Waals surface area contributed by atoms with Crippen LogP contribution in [0.5, 0.6) is 0 Å². The summed E-state index contributed by atoms with van der Waals surface area (Å²) in [5.41, 5.74) is 1.24. The lowest BCUT2D eigenvalue weighted by Crippen LogP contribution is -2.44. The first-order valence-electron chi connectivity index (χ1n) is 9.84. The maximum absolute atomic E-state index is 9.53. The Morgan fingerprint density at radius 1 is 1.07 bits per heavy atom. The van der Waals surface area contributed by atoms with Crippen LogP contribution in [-0.2, 0) is 0 Å². The molecule has 0 aliphatic heterocycles. The zero-order chi connectivity index (χ0) is 19.0. The van der Waals surface area contributed by atoms with Crippen LogP contribution in [0.25, 0.3) is 11.2 Å².